The van der Waals surface area contributed by atoms with E-state index in [1.807, 2.05) is 0 Å². The van der Waals surface area contributed by atoms with Crippen molar-refractivity contribution in [2.24, 2.45) is 0 Å². The Labute approximate surface area is 127 Å². The largest absolute Gasteiger partial charge is 0.477 e. The fourth-order valence-corrected chi connectivity index (χ4v) is 2.91. The highest BCUT2D eigenvalue weighted by molar-refractivity contribution is 7.17. The molecule has 3 aromatic rings. The zero-order valence-electron chi connectivity index (χ0n) is 11.0. The molecule has 0 bridgehead atoms. The number of aromatic nitrogens is 2. The van der Waals surface area contributed by atoms with Crippen molar-refractivity contribution >= 4 is 17.3 Å². The molecular weight excluding hydrogens is 310 g/mol. The second-order valence-electron chi connectivity index (χ2n) is 4.31. The van der Waals surface area contributed by atoms with Crippen molar-refractivity contribution < 1.29 is 18.7 Å². The summed E-state index contributed by atoms with van der Waals surface area (Å²) in [6.45, 7) is 0. The molecule has 0 unspecified atom stereocenters. The monoisotopic (exact) mass is 318 g/mol. The van der Waals surface area contributed by atoms with Crippen LogP contribution in [0.25, 0.3) is 22.0 Å². The Morgan fingerprint density at radius 3 is 2.41 bits per heavy atom. The maximum absolute atomic E-state index is 13.8. The second-order valence-corrected chi connectivity index (χ2v) is 5.31. The number of carboxylic acid groups (broad SMARTS) is 1. The Morgan fingerprint density at radius 2 is 1.82 bits per heavy atom. The number of carboxylic acids is 1. The summed E-state index contributed by atoms with van der Waals surface area (Å²) in [7, 11) is 0. The van der Waals surface area contributed by atoms with Crippen molar-refractivity contribution in [2.45, 2.75) is 0 Å². The SMILES string of the molecule is O=C(O)c1sc(-c2c(F)cccc2F)nc1-c1ccccn1. The van der Waals surface area contributed by atoms with Gasteiger partial charge in [-0.2, -0.15) is 0 Å². The number of hydrogen-bond acceptors (Lipinski definition) is 4. The Morgan fingerprint density at radius 1 is 1.09 bits per heavy atom. The molecule has 2 heterocycles. The molecule has 0 fully saturated rings. The number of thiazole rings is 1. The van der Waals surface area contributed by atoms with Crippen LogP contribution >= 0.6 is 11.3 Å². The predicted octanol–water partition coefficient (Wildman–Crippen LogP) is 3.85. The third-order valence-electron chi connectivity index (χ3n) is 2.91. The average molecular weight is 318 g/mol. The zero-order chi connectivity index (χ0) is 15.7. The fourth-order valence-electron chi connectivity index (χ4n) is 1.95. The number of carbonyl (C=O) groups is 1. The van der Waals surface area contributed by atoms with Gasteiger partial charge in [0.25, 0.3) is 0 Å². The summed E-state index contributed by atoms with van der Waals surface area (Å²) < 4.78 is 27.7. The quantitative estimate of drug-likeness (QED) is 0.797. The third kappa shape index (κ3) is 2.46. The van der Waals surface area contributed by atoms with Crippen LogP contribution in [0, 0.1) is 11.6 Å². The number of benzene rings is 1. The zero-order valence-corrected chi connectivity index (χ0v) is 11.8. The maximum Gasteiger partial charge on any atom is 0.348 e. The van der Waals surface area contributed by atoms with E-state index in [1.165, 1.54) is 12.3 Å². The molecule has 0 aliphatic rings. The summed E-state index contributed by atoms with van der Waals surface area (Å²) in [6, 6.07) is 8.37. The fraction of sp³-hybridized carbons (Fsp3) is 0. The van der Waals surface area contributed by atoms with E-state index in [2.05, 4.69) is 9.97 Å². The van der Waals surface area contributed by atoms with Crippen LogP contribution in [0.5, 0.6) is 0 Å². The van der Waals surface area contributed by atoms with Gasteiger partial charge in [0, 0.05) is 6.20 Å². The summed E-state index contributed by atoms with van der Waals surface area (Å²) in [6.07, 6.45) is 1.49. The molecule has 0 amide bonds. The van der Waals surface area contributed by atoms with Gasteiger partial charge in [0.15, 0.2) is 0 Å². The van der Waals surface area contributed by atoms with Crippen LogP contribution in [0.2, 0.25) is 0 Å². The van der Waals surface area contributed by atoms with E-state index in [9.17, 15) is 18.7 Å². The first-order chi connectivity index (χ1) is 10.6. The molecule has 4 nitrogen and oxygen atoms in total. The number of rotatable bonds is 3. The van der Waals surface area contributed by atoms with E-state index in [-0.39, 0.29) is 21.1 Å². The van der Waals surface area contributed by atoms with Gasteiger partial charge in [0.2, 0.25) is 0 Å². The third-order valence-corrected chi connectivity index (χ3v) is 3.97. The molecule has 0 saturated heterocycles. The van der Waals surface area contributed by atoms with E-state index >= 15 is 0 Å². The molecule has 0 atom stereocenters. The van der Waals surface area contributed by atoms with Crippen LogP contribution in [0.1, 0.15) is 9.67 Å². The van der Waals surface area contributed by atoms with Gasteiger partial charge in [0.05, 0.1) is 11.3 Å². The van der Waals surface area contributed by atoms with Crippen LogP contribution in [0.4, 0.5) is 8.78 Å². The predicted molar refractivity (Wildman–Crippen MR) is 77.7 cm³/mol. The van der Waals surface area contributed by atoms with E-state index in [1.54, 1.807) is 18.2 Å². The molecule has 1 N–H and O–H groups in total. The molecule has 0 saturated carbocycles. The van der Waals surface area contributed by atoms with Crippen LogP contribution in [-0.2, 0) is 0 Å². The first-order valence-corrected chi connectivity index (χ1v) is 6.99. The van der Waals surface area contributed by atoms with Gasteiger partial charge in [-0.3, -0.25) is 4.98 Å². The van der Waals surface area contributed by atoms with E-state index in [0.717, 1.165) is 12.1 Å². The molecule has 0 spiro atoms. The second kappa shape index (κ2) is 5.61. The van der Waals surface area contributed by atoms with Crippen LogP contribution in [-0.4, -0.2) is 21.0 Å². The smallest absolute Gasteiger partial charge is 0.348 e. The van der Waals surface area contributed by atoms with Gasteiger partial charge in [-0.15, -0.1) is 11.3 Å². The summed E-state index contributed by atoms with van der Waals surface area (Å²) >= 11 is 0.713. The van der Waals surface area contributed by atoms with Gasteiger partial charge in [0.1, 0.15) is 27.2 Å². The van der Waals surface area contributed by atoms with Gasteiger partial charge in [-0.1, -0.05) is 12.1 Å². The molecule has 3 rings (SSSR count). The van der Waals surface area contributed by atoms with Crippen LogP contribution in [0.15, 0.2) is 42.6 Å². The highest BCUT2D eigenvalue weighted by Crippen LogP contribution is 2.35. The lowest BCUT2D eigenvalue weighted by Gasteiger charge is -2.00. The minimum Gasteiger partial charge on any atom is -0.477 e. The lowest BCUT2D eigenvalue weighted by atomic mass is 10.2. The summed E-state index contributed by atoms with van der Waals surface area (Å²) in [5.74, 6) is -2.81. The highest BCUT2D eigenvalue weighted by atomic mass is 32.1. The van der Waals surface area contributed by atoms with Gasteiger partial charge in [-0.25, -0.2) is 18.6 Å². The summed E-state index contributed by atoms with van der Waals surface area (Å²) in [5, 5.41) is 9.25. The standard InChI is InChI=1S/C15H8F2N2O2S/c16-8-4-3-5-9(17)11(8)14-19-12(13(22-14)15(20)21)10-6-1-2-7-18-10/h1-7H,(H,20,21). The van der Waals surface area contributed by atoms with Crippen LogP contribution < -0.4 is 0 Å². The molecule has 2 aromatic heterocycles. The minimum atomic E-state index is -1.22. The highest BCUT2D eigenvalue weighted by Gasteiger charge is 2.23. The van der Waals surface area contributed by atoms with Gasteiger partial charge < -0.3 is 5.11 Å². The number of aromatic carboxylic acids is 1. The molecule has 1 aromatic carbocycles. The first kappa shape index (κ1) is 14.3. The molecule has 0 aliphatic carbocycles. The molecule has 0 aliphatic heterocycles. The number of halogens is 2. The Kier molecular flexibility index (Phi) is 3.64. The minimum absolute atomic E-state index is 0.0337. The van der Waals surface area contributed by atoms with Crippen molar-refractivity contribution in [3.05, 3.63) is 59.1 Å². The Balaban J connectivity index is 2.22. The maximum atomic E-state index is 13.8. The van der Waals surface area contributed by atoms with E-state index in [0.29, 0.717) is 17.0 Å². The topological polar surface area (TPSA) is 63.1 Å². The summed E-state index contributed by atoms with van der Waals surface area (Å²) in [5.41, 5.74) is 0.0899. The molecular formula is C15H8F2N2O2S. The normalized spacial score (nSPS) is 10.6. The average Bonchev–Trinajstić information content (AvgIpc) is 2.93. The first-order valence-electron chi connectivity index (χ1n) is 6.18. The lowest BCUT2D eigenvalue weighted by molar-refractivity contribution is 0.0702. The van der Waals surface area contributed by atoms with Crippen LogP contribution in [0.3, 0.4) is 0 Å². The van der Waals surface area contributed by atoms with E-state index < -0.39 is 17.6 Å². The number of hydrogen-bond donors (Lipinski definition) is 1. The van der Waals surface area contributed by atoms with Crippen molar-refractivity contribution in [2.75, 3.05) is 0 Å². The molecule has 7 heteroatoms. The van der Waals surface area contributed by atoms with Gasteiger partial charge in [-0.05, 0) is 24.3 Å². The van der Waals surface area contributed by atoms with Crippen molar-refractivity contribution in [3.63, 3.8) is 0 Å². The molecule has 22 heavy (non-hydrogen) atoms. The number of pyridine rings is 1. The molecule has 110 valence electrons. The van der Waals surface area contributed by atoms with Gasteiger partial charge >= 0.3 is 5.97 Å². The Bertz CT molecular complexity index is 830. The lowest BCUT2D eigenvalue weighted by Crippen LogP contribution is -1.96. The van der Waals surface area contributed by atoms with Crippen molar-refractivity contribution in [1.29, 1.82) is 0 Å². The molecule has 0 radical (unpaired) electrons. The number of nitrogens with zero attached hydrogens (tertiary/aromatic N) is 2. The van der Waals surface area contributed by atoms with Crippen molar-refractivity contribution in [1.82, 2.24) is 9.97 Å². The Hall–Kier alpha value is -2.67. The van der Waals surface area contributed by atoms with Crippen molar-refractivity contribution in [3.8, 4) is 22.0 Å². The van der Waals surface area contributed by atoms with E-state index in [4.69, 9.17) is 0 Å². The summed E-state index contributed by atoms with van der Waals surface area (Å²) in [4.78, 5) is 19.4.